The van der Waals surface area contributed by atoms with E-state index in [1.165, 1.54) is 11.2 Å². The van der Waals surface area contributed by atoms with E-state index in [0.717, 1.165) is 5.56 Å². The van der Waals surface area contributed by atoms with E-state index in [1.54, 1.807) is 24.3 Å². The van der Waals surface area contributed by atoms with Gasteiger partial charge in [-0.3, -0.25) is 14.7 Å². The molecule has 21 heavy (non-hydrogen) atoms. The van der Waals surface area contributed by atoms with Crippen LogP contribution in [0.5, 0.6) is 0 Å². The second-order valence-electron chi connectivity index (χ2n) is 4.53. The molecule has 1 amide bonds. The van der Waals surface area contributed by atoms with Gasteiger partial charge in [0.1, 0.15) is 12.9 Å². The Kier molecular flexibility index (Phi) is 4.65. The zero-order valence-electron chi connectivity index (χ0n) is 11.6. The minimum absolute atomic E-state index is 0.289. The quantitative estimate of drug-likeness (QED) is 0.837. The number of aliphatic carboxylic acids is 1. The smallest absolute Gasteiger partial charge is 0.323 e. The molecule has 0 radical (unpaired) electrons. The number of carboxylic acid groups (broad SMARTS) is 1. The topological polar surface area (TPSA) is 99.2 Å². The lowest BCUT2D eigenvalue weighted by molar-refractivity contribution is -0.137. The predicted octanol–water partition coefficient (Wildman–Crippen LogP) is 1.41. The van der Waals surface area contributed by atoms with Crippen LogP contribution in [0.1, 0.15) is 23.7 Å². The SMILES string of the molecule is CCCN(CC(=O)O)C(=O)c1ccc(-c2ncn[nH]2)cc1. The lowest BCUT2D eigenvalue weighted by atomic mass is 10.1. The summed E-state index contributed by atoms with van der Waals surface area (Å²) in [4.78, 5) is 28.5. The maximum Gasteiger partial charge on any atom is 0.323 e. The summed E-state index contributed by atoms with van der Waals surface area (Å²) in [7, 11) is 0. The molecule has 7 nitrogen and oxygen atoms in total. The third-order valence-corrected chi connectivity index (χ3v) is 2.93. The number of rotatable bonds is 6. The van der Waals surface area contributed by atoms with E-state index in [1.807, 2.05) is 6.92 Å². The van der Waals surface area contributed by atoms with Crippen LogP contribution in [0.4, 0.5) is 0 Å². The van der Waals surface area contributed by atoms with E-state index in [-0.39, 0.29) is 12.5 Å². The van der Waals surface area contributed by atoms with Gasteiger partial charge in [0.2, 0.25) is 0 Å². The molecule has 0 saturated carbocycles. The standard InChI is InChI=1S/C14H16N4O3/c1-2-7-18(8-12(19)20)14(21)11-5-3-10(4-6-11)13-15-9-16-17-13/h3-6,9H,2,7-8H2,1H3,(H,19,20)(H,15,16,17). The summed E-state index contributed by atoms with van der Waals surface area (Å²) in [6.45, 7) is 2.01. The van der Waals surface area contributed by atoms with Crippen LogP contribution in [0, 0.1) is 0 Å². The number of carbonyl (C=O) groups excluding carboxylic acids is 1. The zero-order chi connectivity index (χ0) is 15.2. The molecule has 1 heterocycles. The normalized spacial score (nSPS) is 10.3. The van der Waals surface area contributed by atoms with Crippen LogP contribution >= 0.6 is 0 Å². The Labute approximate surface area is 121 Å². The molecule has 0 aliphatic rings. The number of carbonyl (C=O) groups is 2. The molecular formula is C14H16N4O3. The molecule has 2 rings (SSSR count). The van der Waals surface area contributed by atoms with E-state index in [4.69, 9.17) is 5.11 Å². The highest BCUT2D eigenvalue weighted by Gasteiger charge is 2.17. The Morgan fingerprint density at radius 1 is 1.29 bits per heavy atom. The fourth-order valence-electron chi connectivity index (χ4n) is 1.98. The fourth-order valence-corrected chi connectivity index (χ4v) is 1.98. The fraction of sp³-hybridized carbons (Fsp3) is 0.286. The van der Waals surface area contributed by atoms with Crippen LogP contribution < -0.4 is 0 Å². The summed E-state index contributed by atoms with van der Waals surface area (Å²) >= 11 is 0. The lowest BCUT2D eigenvalue weighted by Crippen LogP contribution is -2.36. The average Bonchev–Trinajstić information content (AvgIpc) is 3.00. The van der Waals surface area contributed by atoms with E-state index in [2.05, 4.69) is 15.2 Å². The molecule has 0 aliphatic carbocycles. The molecule has 0 spiro atoms. The van der Waals surface area contributed by atoms with Crippen molar-refractivity contribution in [2.24, 2.45) is 0 Å². The molecule has 1 aromatic carbocycles. The Morgan fingerprint density at radius 2 is 2.00 bits per heavy atom. The van der Waals surface area contributed by atoms with Crippen LogP contribution in [0.25, 0.3) is 11.4 Å². The number of aromatic amines is 1. The average molecular weight is 288 g/mol. The lowest BCUT2D eigenvalue weighted by Gasteiger charge is -2.20. The van der Waals surface area contributed by atoms with Crippen LogP contribution in [0.15, 0.2) is 30.6 Å². The number of hydrogen-bond acceptors (Lipinski definition) is 4. The van der Waals surface area contributed by atoms with Gasteiger partial charge in [0.05, 0.1) is 0 Å². The molecule has 110 valence electrons. The van der Waals surface area contributed by atoms with Crippen molar-refractivity contribution >= 4 is 11.9 Å². The van der Waals surface area contributed by atoms with Gasteiger partial charge < -0.3 is 10.0 Å². The van der Waals surface area contributed by atoms with Crippen molar-refractivity contribution in [2.75, 3.05) is 13.1 Å². The van der Waals surface area contributed by atoms with E-state index < -0.39 is 5.97 Å². The summed E-state index contributed by atoms with van der Waals surface area (Å²) in [5.74, 6) is -0.691. The first kappa shape index (κ1) is 14.7. The summed E-state index contributed by atoms with van der Waals surface area (Å²) in [5, 5.41) is 15.4. The highest BCUT2D eigenvalue weighted by molar-refractivity contribution is 5.96. The van der Waals surface area contributed by atoms with Gasteiger partial charge in [0.15, 0.2) is 5.82 Å². The van der Waals surface area contributed by atoms with Gasteiger partial charge in [-0.2, -0.15) is 5.10 Å². The summed E-state index contributed by atoms with van der Waals surface area (Å²) in [6, 6.07) is 6.81. The van der Waals surface area contributed by atoms with Crippen LogP contribution in [-0.2, 0) is 4.79 Å². The number of benzene rings is 1. The van der Waals surface area contributed by atoms with Crippen LogP contribution in [0.2, 0.25) is 0 Å². The number of aromatic nitrogens is 3. The molecule has 0 bridgehead atoms. The van der Waals surface area contributed by atoms with Crippen molar-refractivity contribution in [2.45, 2.75) is 13.3 Å². The largest absolute Gasteiger partial charge is 0.480 e. The first-order valence-corrected chi connectivity index (χ1v) is 6.58. The van der Waals surface area contributed by atoms with Gasteiger partial charge in [-0.25, -0.2) is 4.98 Å². The molecule has 2 N–H and O–H groups in total. The Hall–Kier alpha value is -2.70. The first-order valence-electron chi connectivity index (χ1n) is 6.58. The van der Waals surface area contributed by atoms with Gasteiger partial charge in [0, 0.05) is 17.7 Å². The van der Waals surface area contributed by atoms with Crippen molar-refractivity contribution < 1.29 is 14.7 Å². The molecule has 1 aromatic heterocycles. The Balaban J connectivity index is 2.16. The van der Waals surface area contributed by atoms with Crippen molar-refractivity contribution in [3.63, 3.8) is 0 Å². The number of hydrogen-bond donors (Lipinski definition) is 2. The van der Waals surface area contributed by atoms with Crippen molar-refractivity contribution in [3.8, 4) is 11.4 Å². The van der Waals surface area contributed by atoms with E-state index in [9.17, 15) is 9.59 Å². The molecule has 0 saturated heterocycles. The minimum atomic E-state index is -1.02. The zero-order valence-corrected chi connectivity index (χ0v) is 11.6. The molecule has 2 aromatic rings. The molecule has 0 fully saturated rings. The van der Waals surface area contributed by atoms with Gasteiger partial charge in [-0.05, 0) is 18.6 Å². The van der Waals surface area contributed by atoms with Gasteiger partial charge >= 0.3 is 5.97 Å². The number of nitrogens with one attached hydrogen (secondary N) is 1. The van der Waals surface area contributed by atoms with Crippen molar-refractivity contribution in [1.29, 1.82) is 0 Å². The number of H-pyrrole nitrogens is 1. The molecule has 0 atom stereocenters. The Morgan fingerprint density at radius 3 is 2.52 bits per heavy atom. The predicted molar refractivity (Wildman–Crippen MR) is 75.6 cm³/mol. The minimum Gasteiger partial charge on any atom is -0.480 e. The van der Waals surface area contributed by atoms with Crippen LogP contribution in [0.3, 0.4) is 0 Å². The van der Waals surface area contributed by atoms with Gasteiger partial charge in [0.25, 0.3) is 5.91 Å². The van der Waals surface area contributed by atoms with Gasteiger partial charge in [-0.1, -0.05) is 19.1 Å². The van der Waals surface area contributed by atoms with Gasteiger partial charge in [-0.15, -0.1) is 0 Å². The maximum absolute atomic E-state index is 12.3. The molecule has 7 heteroatoms. The number of amides is 1. The highest BCUT2D eigenvalue weighted by atomic mass is 16.4. The van der Waals surface area contributed by atoms with E-state index in [0.29, 0.717) is 24.4 Å². The second-order valence-corrected chi connectivity index (χ2v) is 4.53. The number of nitrogens with zero attached hydrogens (tertiary/aromatic N) is 3. The molecule has 0 unspecified atom stereocenters. The van der Waals surface area contributed by atoms with Crippen molar-refractivity contribution in [1.82, 2.24) is 20.1 Å². The second kappa shape index (κ2) is 6.65. The van der Waals surface area contributed by atoms with Crippen LogP contribution in [-0.4, -0.2) is 50.2 Å². The molecular weight excluding hydrogens is 272 g/mol. The third kappa shape index (κ3) is 3.65. The van der Waals surface area contributed by atoms with Crippen molar-refractivity contribution in [3.05, 3.63) is 36.2 Å². The molecule has 0 aliphatic heterocycles. The number of carboxylic acids is 1. The summed E-state index contributed by atoms with van der Waals surface area (Å²) in [5.41, 5.74) is 1.26. The first-order chi connectivity index (χ1) is 10.1. The van der Waals surface area contributed by atoms with E-state index >= 15 is 0 Å². The third-order valence-electron chi connectivity index (χ3n) is 2.93. The highest BCUT2D eigenvalue weighted by Crippen LogP contribution is 2.15. The monoisotopic (exact) mass is 288 g/mol. The maximum atomic E-state index is 12.3. The summed E-state index contributed by atoms with van der Waals surface area (Å²) in [6.07, 6.45) is 2.11. The summed E-state index contributed by atoms with van der Waals surface area (Å²) < 4.78 is 0. The Bertz CT molecular complexity index is 608.